The van der Waals surface area contributed by atoms with Crippen LogP contribution in [-0.2, 0) is 11.3 Å². The van der Waals surface area contributed by atoms with Crippen LogP contribution in [0.4, 0.5) is 0 Å². The van der Waals surface area contributed by atoms with E-state index < -0.39 is 0 Å². The lowest BCUT2D eigenvalue weighted by molar-refractivity contribution is -0.117. The number of fused-ring (bicyclic) bond motifs is 2. The van der Waals surface area contributed by atoms with E-state index in [1.807, 2.05) is 18.2 Å². The molecule has 0 atom stereocenters. The predicted molar refractivity (Wildman–Crippen MR) is 78.9 cm³/mol. The summed E-state index contributed by atoms with van der Waals surface area (Å²) >= 11 is 0. The molecule has 1 aromatic carbocycles. The first kappa shape index (κ1) is 11.5. The van der Waals surface area contributed by atoms with Gasteiger partial charge in [0.25, 0.3) is 5.91 Å². The number of allylic oxidation sites excluding steroid dienone is 6. The second-order valence-electron chi connectivity index (χ2n) is 5.51. The van der Waals surface area contributed by atoms with Gasteiger partial charge in [0.2, 0.25) is 0 Å². The number of carbonyl (C=O) groups is 1. The number of nitrogens with one attached hydrogen (secondary N) is 1. The first-order valence-corrected chi connectivity index (χ1v) is 6.93. The van der Waals surface area contributed by atoms with Crippen LogP contribution in [0, 0.1) is 6.92 Å². The Morgan fingerprint density at radius 2 is 2.05 bits per heavy atom. The molecule has 98 valence electrons. The second-order valence-corrected chi connectivity index (χ2v) is 5.51. The van der Waals surface area contributed by atoms with Crippen LogP contribution in [0.25, 0.3) is 0 Å². The van der Waals surface area contributed by atoms with Gasteiger partial charge in [0.15, 0.2) is 0 Å². The Morgan fingerprint density at radius 3 is 2.90 bits per heavy atom. The molecule has 2 nitrogen and oxygen atoms in total. The monoisotopic (exact) mass is 261 g/mol. The molecule has 2 heteroatoms. The van der Waals surface area contributed by atoms with Crippen LogP contribution in [0.2, 0.25) is 0 Å². The van der Waals surface area contributed by atoms with Gasteiger partial charge in [-0.15, -0.1) is 0 Å². The van der Waals surface area contributed by atoms with E-state index in [0.29, 0.717) is 6.54 Å². The van der Waals surface area contributed by atoms with Crippen molar-refractivity contribution in [2.24, 2.45) is 0 Å². The standard InChI is InChI=1S/C18H15NO/c1-11-4-2-3-5-12(11)10-19-18(20)15-7-6-14-16-8-13(16)9-17(14)15/h2-7,9H,8,10H2,1H3,(H,19,20). The lowest BCUT2D eigenvalue weighted by Gasteiger charge is -2.10. The van der Waals surface area contributed by atoms with E-state index in [4.69, 9.17) is 0 Å². The third kappa shape index (κ3) is 1.68. The van der Waals surface area contributed by atoms with Crippen LogP contribution in [0.5, 0.6) is 0 Å². The average Bonchev–Trinajstić information content (AvgIpc) is 2.93. The predicted octanol–water partition coefficient (Wildman–Crippen LogP) is 3.12. The Kier molecular flexibility index (Phi) is 2.34. The van der Waals surface area contributed by atoms with Crippen molar-refractivity contribution in [2.45, 2.75) is 19.9 Å². The summed E-state index contributed by atoms with van der Waals surface area (Å²) in [4.78, 5) is 12.3. The molecule has 0 saturated carbocycles. The van der Waals surface area contributed by atoms with Crippen LogP contribution in [0.1, 0.15) is 17.5 Å². The number of hydrogen-bond donors (Lipinski definition) is 1. The molecule has 1 amide bonds. The summed E-state index contributed by atoms with van der Waals surface area (Å²) in [6, 6.07) is 8.14. The van der Waals surface area contributed by atoms with Gasteiger partial charge in [0, 0.05) is 12.1 Å². The maximum atomic E-state index is 12.3. The zero-order valence-electron chi connectivity index (χ0n) is 11.4. The topological polar surface area (TPSA) is 29.1 Å². The Hall–Kier alpha value is -2.35. The number of aryl methyl sites for hydroxylation is 1. The summed E-state index contributed by atoms with van der Waals surface area (Å²) in [5.74, 6) is 0.0215. The molecule has 3 aliphatic carbocycles. The molecule has 1 aromatic rings. The van der Waals surface area contributed by atoms with Crippen molar-refractivity contribution in [3.8, 4) is 0 Å². The Balaban J connectivity index is 1.45. The third-order valence-electron chi connectivity index (χ3n) is 4.22. The number of carbonyl (C=O) groups excluding carboxylic acids is 1. The van der Waals surface area contributed by atoms with Crippen LogP contribution >= 0.6 is 0 Å². The van der Waals surface area contributed by atoms with E-state index in [1.54, 1.807) is 0 Å². The van der Waals surface area contributed by atoms with E-state index in [2.05, 4.69) is 36.5 Å². The highest BCUT2D eigenvalue weighted by molar-refractivity contribution is 6.03. The van der Waals surface area contributed by atoms with Gasteiger partial charge in [-0.1, -0.05) is 30.3 Å². The van der Waals surface area contributed by atoms with E-state index in [9.17, 15) is 4.79 Å². The van der Waals surface area contributed by atoms with Gasteiger partial charge in [0.1, 0.15) is 0 Å². The largest absolute Gasteiger partial charge is 0.348 e. The Morgan fingerprint density at radius 1 is 1.20 bits per heavy atom. The van der Waals surface area contributed by atoms with Crippen molar-refractivity contribution in [1.29, 1.82) is 0 Å². The second kappa shape index (κ2) is 4.07. The molecule has 20 heavy (non-hydrogen) atoms. The van der Waals surface area contributed by atoms with Crippen molar-refractivity contribution in [1.82, 2.24) is 5.32 Å². The fraction of sp³-hybridized carbons (Fsp3) is 0.167. The maximum absolute atomic E-state index is 12.3. The van der Waals surface area contributed by atoms with Crippen LogP contribution in [0.15, 0.2) is 70.4 Å². The summed E-state index contributed by atoms with van der Waals surface area (Å²) < 4.78 is 0. The lowest BCUT2D eigenvalue weighted by atomic mass is 10.0. The highest BCUT2D eigenvalue weighted by Gasteiger charge is 2.36. The van der Waals surface area contributed by atoms with Crippen molar-refractivity contribution in [3.63, 3.8) is 0 Å². The summed E-state index contributed by atoms with van der Waals surface area (Å²) in [6.07, 6.45) is 7.29. The molecule has 3 aliphatic rings. The van der Waals surface area contributed by atoms with Crippen molar-refractivity contribution < 1.29 is 4.79 Å². The molecule has 0 aromatic heterocycles. The molecule has 4 rings (SSSR count). The van der Waals surface area contributed by atoms with Crippen LogP contribution < -0.4 is 5.32 Å². The minimum Gasteiger partial charge on any atom is -0.348 e. The first-order valence-electron chi connectivity index (χ1n) is 6.93. The average molecular weight is 261 g/mol. The normalized spacial score (nSPS) is 18.1. The van der Waals surface area contributed by atoms with Crippen molar-refractivity contribution in [2.75, 3.05) is 0 Å². The van der Waals surface area contributed by atoms with Crippen molar-refractivity contribution in [3.05, 3.63) is 81.5 Å². The molecule has 0 fully saturated rings. The molecule has 0 heterocycles. The molecule has 0 aliphatic heterocycles. The molecule has 0 unspecified atom stereocenters. The number of amides is 1. The molecular formula is C18H15NO. The SMILES string of the molecule is Cc1ccccc1CNC(=O)C1=CC=C2C1=CC1=C2C1. The fourth-order valence-corrected chi connectivity index (χ4v) is 2.91. The highest BCUT2D eigenvalue weighted by Crippen LogP contribution is 2.51. The summed E-state index contributed by atoms with van der Waals surface area (Å²) in [5.41, 5.74) is 8.39. The molecule has 0 saturated heterocycles. The molecule has 0 bridgehead atoms. The van der Waals surface area contributed by atoms with Gasteiger partial charge < -0.3 is 5.32 Å². The van der Waals surface area contributed by atoms with Gasteiger partial charge in [-0.05, 0) is 58.9 Å². The maximum Gasteiger partial charge on any atom is 0.252 e. The highest BCUT2D eigenvalue weighted by atomic mass is 16.1. The Labute approximate surface area is 118 Å². The third-order valence-corrected chi connectivity index (χ3v) is 4.22. The summed E-state index contributed by atoms with van der Waals surface area (Å²) in [7, 11) is 0. The smallest absolute Gasteiger partial charge is 0.252 e. The van der Waals surface area contributed by atoms with Crippen LogP contribution in [-0.4, -0.2) is 5.91 Å². The first-order chi connectivity index (χ1) is 9.74. The van der Waals surface area contributed by atoms with Gasteiger partial charge >= 0.3 is 0 Å². The summed E-state index contributed by atoms with van der Waals surface area (Å²) in [5, 5.41) is 3.02. The quantitative estimate of drug-likeness (QED) is 0.890. The lowest BCUT2D eigenvalue weighted by Crippen LogP contribution is -2.25. The minimum absolute atomic E-state index is 0.0215. The van der Waals surface area contributed by atoms with Gasteiger partial charge in [-0.25, -0.2) is 0 Å². The van der Waals surface area contributed by atoms with E-state index in [0.717, 1.165) is 17.6 Å². The fourth-order valence-electron chi connectivity index (χ4n) is 2.91. The number of hydrogen-bond acceptors (Lipinski definition) is 1. The molecule has 0 radical (unpaired) electrons. The van der Waals surface area contributed by atoms with Gasteiger partial charge in [-0.3, -0.25) is 4.79 Å². The zero-order chi connectivity index (χ0) is 13.7. The van der Waals surface area contributed by atoms with Gasteiger partial charge in [-0.2, -0.15) is 0 Å². The molecular weight excluding hydrogens is 246 g/mol. The molecule has 0 spiro atoms. The van der Waals surface area contributed by atoms with Gasteiger partial charge in [0.05, 0.1) is 0 Å². The van der Waals surface area contributed by atoms with Crippen LogP contribution in [0.3, 0.4) is 0 Å². The van der Waals surface area contributed by atoms with E-state index in [1.165, 1.54) is 27.8 Å². The zero-order valence-corrected chi connectivity index (χ0v) is 11.4. The van der Waals surface area contributed by atoms with E-state index >= 15 is 0 Å². The number of rotatable bonds is 3. The van der Waals surface area contributed by atoms with E-state index in [-0.39, 0.29) is 5.91 Å². The summed E-state index contributed by atoms with van der Waals surface area (Å²) in [6.45, 7) is 2.65. The van der Waals surface area contributed by atoms with Crippen molar-refractivity contribution >= 4 is 5.91 Å². The molecule has 1 N–H and O–H groups in total. The Bertz CT molecular complexity index is 759. The minimum atomic E-state index is 0.0215. The number of benzene rings is 1.